The van der Waals surface area contributed by atoms with Gasteiger partial charge in [-0.05, 0) is 44.0 Å². The predicted octanol–water partition coefficient (Wildman–Crippen LogP) is 1.05. The van der Waals surface area contributed by atoms with Crippen molar-refractivity contribution >= 4 is 27.5 Å². The van der Waals surface area contributed by atoms with Gasteiger partial charge in [0.25, 0.3) is 0 Å². The van der Waals surface area contributed by atoms with Crippen LogP contribution in [-0.2, 0) is 26.2 Å². The average Bonchev–Trinajstić information content (AvgIpc) is 3.11. The van der Waals surface area contributed by atoms with Crippen LogP contribution in [0.4, 0.5) is 5.69 Å². The highest BCUT2D eigenvalue weighted by molar-refractivity contribution is 7.89. The molecule has 1 aromatic carbocycles. The summed E-state index contributed by atoms with van der Waals surface area (Å²) >= 11 is 0. The third-order valence-electron chi connectivity index (χ3n) is 4.62. The van der Waals surface area contributed by atoms with Crippen molar-refractivity contribution in [2.75, 3.05) is 18.4 Å². The maximum Gasteiger partial charge on any atom is 0.246 e. The molecule has 29 heavy (non-hydrogen) atoms. The predicted molar refractivity (Wildman–Crippen MR) is 103 cm³/mol. The minimum absolute atomic E-state index is 0.152. The second-order valence-corrected chi connectivity index (χ2v) is 8.77. The molecule has 1 aromatic heterocycles. The third kappa shape index (κ3) is 5.18. The summed E-state index contributed by atoms with van der Waals surface area (Å²) < 4.78 is 32.0. The molecule has 156 valence electrons. The van der Waals surface area contributed by atoms with Gasteiger partial charge in [-0.3, -0.25) is 9.59 Å². The SMILES string of the molecule is CC(=O)Nc1ccc(S(=O)(=O)N2CCC(C(=O)NCc3nc(C)no3)CC2)cc1. The number of sulfonamides is 1. The number of aryl methyl sites for hydroxylation is 1. The molecule has 3 rings (SSSR count). The molecular formula is C18H23N5O5S. The summed E-state index contributed by atoms with van der Waals surface area (Å²) in [5.41, 5.74) is 0.531. The van der Waals surface area contributed by atoms with Gasteiger partial charge < -0.3 is 15.2 Å². The molecule has 0 spiro atoms. The maximum atomic E-state index is 12.8. The molecule has 10 nitrogen and oxygen atoms in total. The fourth-order valence-electron chi connectivity index (χ4n) is 3.14. The lowest BCUT2D eigenvalue weighted by atomic mass is 9.97. The van der Waals surface area contributed by atoms with Crippen molar-refractivity contribution in [2.45, 2.75) is 38.1 Å². The Morgan fingerprint density at radius 2 is 1.86 bits per heavy atom. The van der Waals surface area contributed by atoms with Crippen LogP contribution < -0.4 is 10.6 Å². The number of nitrogens with one attached hydrogen (secondary N) is 2. The minimum Gasteiger partial charge on any atom is -0.347 e. The minimum atomic E-state index is -3.65. The molecule has 1 aliphatic heterocycles. The molecule has 0 bridgehead atoms. The third-order valence-corrected chi connectivity index (χ3v) is 6.53. The number of carbonyl (C=O) groups excluding carboxylic acids is 2. The Morgan fingerprint density at radius 1 is 1.21 bits per heavy atom. The number of nitrogens with zero attached hydrogens (tertiary/aromatic N) is 3. The fourth-order valence-corrected chi connectivity index (χ4v) is 4.61. The van der Waals surface area contributed by atoms with E-state index < -0.39 is 10.0 Å². The number of benzene rings is 1. The molecule has 0 aliphatic carbocycles. The van der Waals surface area contributed by atoms with Gasteiger partial charge in [-0.25, -0.2) is 8.42 Å². The first-order valence-electron chi connectivity index (χ1n) is 9.20. The summed E-state index contributed by atoms with van der Waals surface area (Å²) in [7, 11) is -3.65. The molecule has 2 amide bonds. The first kappa shape index (κ1) is 20.9. The van der Waals surface area contributed by atoms with E-state index in [0.717, 1.165) is 0 Å². The van der Waals surface area contributed by atoms with Crippen LogP contribution in [-0.4, -0.2) is 47.8 Å². The van der Waals surface area contributed by atoms with Gasteiger partial charge in [0.05, 0.1) is 11.4 Å². The molecule has 0 radical (unpaired) electrons. The van der Waals surface area contributed by atoms with Crippen molar-refractivity contribution in [3.8, 4) is 0 Å². The Labute approximate surface area is 168 Å². The van der Waals surface area contributed by atoms with Crippen molar-refractivity contribution in [3.63, 3.8) is 0 Å². The van der Waals surface area contributed by atoms with Gasteiger partial charge in [-0.1, -0.05) is 5.16 Å². The lowest BCUT2D eigenvalue weighted by molar-refractivity contribution is -0.126. The first-order valence-corrected chi connectivity index (χ1v) is 10.6. The normalized spacial score (nSPS) is 15.8. The quantitative estimate of drug-likeness (QED) is 0.712. The summed E-state index contributed by atoms with van der Waals surface area (Å²) in [5.74, 6) is 0.178. The van der Waals surface area contributed by atoms with Crippen LogP contribution in [0.15, 0.2) is 33.7 Å². The number of carbonyl (C=O) groups is 2. The van der Waals surface area contributed by atoms with Gasteiger partial charge in [0, 0.05) is 31.6 Å². The van der Waals surface area contributed by atoms with Crippen LogP contribution in [0.1, 0.15) is 31.5 Å². The molecule has 2 aromatic rings. The largest absolute Gasteiger partial charge is 0.347 e. The van der Waals surface area contributed by atoms with Gasteiger partial charge in [-0.15, -0.1) is 0 Å². The van der Waals surface area contributed by atoms with E-state index in [9.17, 15) is 18.0 Å². The van der Waals surface area contributed by atoms with Crippen LogP contribution in [0.25, 0.3) is 0 Å². The summed E-state index contributed by atoms with van der Waals surface area (Å²) in [5, 5.41) is 9.01. The molecular weight excluding hydrogens is 398 g/mol. The molecule has 2 N–H and O–H groups in total. The Kier molecular flexibility index (Phi) is 6.28. The van der Waals surface area contributed by atoms with Gasteiger partial charge in [-0.2, -0.15) is 9.29 Å². The Hall–Kier alpha value is -2.79. The van der Waals surface area contributed by atoms with E-state index in [-0.39, 0.29) is 42.3 Å². The highest BCUT2D eigenvalue weighted by Gasteiger charge is 2.32. The maximum absolute atomic E-state index is 12.8. The van der Waals surface area contributed by atoms with Gasteiger partial charge in [0.2, 0.25) is 27.7 Å². The average molecular weight is 421 g/mol. The van der Waals surface area contributed by atoms with Crippen molar-refractivity contribution in [3.05, 3.63) is 36.0 Å². The Balaban J connectivity index is 1.54. The number of hydrogen-bond acceptors (Lipinski definition) is 7. The summed E-state index contributed by atoms with van der Waals surface area (Å²) in [4.78, 5) is 27.6. The number of hydrogen-bond donors (Lipinski definition) is 2. The molecule has 11 heteroatoms. The standard InChI is InChI=1S/C18H23N5O5S/c1-12-20-17(28-22-12)11-19-18(25)14-7-9-23(10-8-14)29(26,27)16-5-3-15(4-6-16)21-13(2)24/h3-6,14H,7-11H2,1-2H3,(H,19,25)(H,21,24). The number of rotatable bonds is 6. The number of amides is 2. The highest BCUT2D eigenvalue weighted by Crippen LogP contribution is 2.25. The van der Waals surface area contributed by atoms with E-state index in [0.29, 0.717) is 30.2 Å². The van der Waals surface area contributed by atoms with E-state index in [1.807, 2.05) is 0 Å². The molecule has 0 saturated carbocycles. The molecule has 1 fully saturated rings. The van der Waals surface area contributed by atoms with Crippen molar-refractivity contribution < 1.29 is 22.5 Å². The van der Waals surface area contributed by atoms with Crippen LogP contribution in [0.5, 0.6) is 0 Å². The van der Waals surface area contributed by atoms with E-state index in [4.69, 9.17) is 4.52 Å². The number of piperidine rings is 1. The van der Waals surface area contributed by atoms with E-state index in [1.54, 1.807) is 19.1 Å². The molecule has 2 heterocycles. The zero-order chi connectivity index (χ0) is 21.0. The van der Waals surface area contributed by atoms with Crippen molar-refractivity contribution in [1.29, 1.82) is 0 Å². The van der Waals surface area contributed by atoms with Crippen LogP contribution in [0.3, 0.4) is 0 Å². The lowest BCUT2D eigenvalue weighted by Gasteiger charge is -2.30. The van der Waals surface area contributed by atoms with Gasteiger partial charge in [0.1, 0.15) is 0 Å². The number of aromatic nitrogens is 2. The van der Waals surface area contributed by atoms with Gasteiger partial charge >= 0.3 is 0 Å². The van der Waals surface area contributed by atoms with Crippen molar-refractivity contribution in [2.24, 2.45) is 5.92 Å². The summed E-state index contributed by atoms with van der Waals surface area (Å²) in [6, 6.07) is 6.03. The van der Waals surface area contributed by atoms with Crippen molar-refractivity contribution in [1.82, 2.24) is 19.8 Å². The topological polar surface area (TPSA) is 134 Å². The van der Waals surface area contributed by atoms with E-state index in [2.05, 4.69) is 20.8 Å². The second-order valence-electron chi connectivity index (χ2n) is 6.84. The van der Waals surface area contributed by atoms with Crippen LogP contribution >= 0.6 is 0 Å². The molecule has 1 aliphatic rings. The first-order chi connectivity index (χ1) is 13.8. The fraction of sp³-hybridized carbons (Fsp3) is 0.444. The molecule has 0 atom stereocenters. The summed E-state index contributed by atoms with van der Waals surface area (Å²) in [6.07, 6.45) is 0.857. The lowest BCUT2D eigenvalue weighted by Crippen LogP contribution is -2.42. The zero-order valence-corrected chi connectivity index (χ0v) is 17.0. The Bertz CT molecular complexity index is 978. The van der Waals surface area contributed by atoms with Gasteiger partial charge in [0.15, 0.2) is 5.82 Å². The van der Waals surface area contributed by atoms with Crippen LogP contribution in [0, 0.1) is 12.8 Å². The number of anilines is 1. The monoisotopic (exact) mass is 421 g/mol. The zero-order valence-electron chi connectivity index (χ0n) is 16.2. The second kappa shape index (κ2) is 8.70. The van der Waals surface area contributed by atoms with E-state index in [1.165, 1.54) is 23.4 Å². The van der Waals surface area contributed by atoms with Crippen LogP contribution in [0.2, 0.25) is 0 Å². The molecule has 1 saturated heterocycles. The Morgan fingerprint density at radius 3 is 2.41 bits per heavy atom. The highest BCUT2D eigenvalue weighted by atomic mass is 32.2. The molecule has 0 unspecified atom stereocenters. The van der Waals surface area contributed by atoms with E-state index >= 15 is 0 Å². The smallest absolute Gasteiger partial charge is 0.246 e. The summed E-state index contributed by atoms with van der Waals surface area (Å²) in [6.45, 7) is 3.74.